The Balaban J connectivity index is 1.37. The van der Waals surface area contributed by atoms with Crippen molar-refractivity contribution in [1.29, 1.82) is 0 Å². The maximum Gasteiger partial charge on any atom is 0.314 e. The standard InChI is InChI=1S/C32H38F2N4O5/c1-19-14-24(37-27(15-19)38-26-16-21(28(33)34)12-13-35-26)22-8-11-25(36-17-22)32(5,41)23-9-6-20(7-10-23)29(39)42-18-43-30(40)31(2,3)4/h8,11-17,20,23,28,41H,6-7,9-10,18H2,1-5H3,(H,35,37,38)/t20?,23?,32-/m1/s1. The van der Waals surface area contributed by atoms with Crippen LogP contribution in [-0.2, 0) is 24.7 Å². The number of aliphatic hydroxyl groups is 1. The van der Waals surface area contributed by atoms with Gasteiger partial charge in [-0.05, 0) is 108 Å². The number of pyridine rings is 3. The van der Waals surface area contributed by atoms with Crippen LogP contribution < -0.4 is 5.32 Å². The van der Waals surface area contributed by atoms with Crippen molar-refractivity contribution in [1.82, 2.24) is 15.0 Å². The second-order valence-electron chi connectivity index (χ2n) is 12.2. The number of carbonyl (C=O) groups excluding carboxylic acids is 2. The summed E-state index contributed by atoms with van der Waals surface area (Å²) < 4.78 is 36.4. The van der Waals surface area contributed by atoms with Gasteiger partial charge < -0.3 is 19.9 Å². The zero-order chi connectivity index (χ0) is 31.4. The van der Waals surface area contributed by atoms with E-state index in [9.17, 15) is 23.5 Å². The van der Waals surface area contributed by atoms with E-state index in [1.54, 1.807) is 46.0 Å². The fourth-order valence-electron chi connectivity index (χ4n) is 5.08. The summed E-state index contributed by atoms with van der Waals surface area (Å²) in [7, 11) is 0. The van der Waals surface area contributed by atoms with E-state index >= 15 is 0 Å². The smallest absolute Gasteiger partial charge is 0.314 e. The van der Waals surface area contributed by atoms with Gasteiger partial charge in [0.15, 0.2) is 0 Å². The minimum absolute atomic E-state index is 0.113. The molecule has 0 unspecified atom stereocenters. The normalized spacial score (nSPS) is 18.5. The summed E-state index contributed by atoms with van der Waals surface area (Å²) in [5.74, 6) is -0.564. The van der Waals surface area contributed by atoms with Crippen LogP contribution in [0.5, 0.6) is 0 Å². The summed E-state index contributed by atoms with van der Waals surface area (Å²) in [5.41, 5.74) is 0.724. The first-order valence-electron chi connectivity index (χ1n) is 14.3. The summed E-state index contributed by atoms with van der Waals surface area (Å²) in [6.07, 6.45) is 2.66. The van der Waals surface area contributed by atoms with Crippen LogP contribution >= 0.6 is 0 Å². The average Bonchev–Trinajstić information content (AvgIpc) is 2.96. The van der Waals surface area contributed by atoms with Gasteiger partial charge in [-0.1, -0.05) is 0 Å². The van der Waals surface area contributed by atoms with Crippen molar-refractivity contribution in [2.75, 3.05) is 12.1 Å². The van der Waals surface area contributed by atoms with Gasteiger partial charge in [0.1, 0.15) is 17.2 Å². The molecular formula is C32H38F2N4O5. The molecule has 0 bridgehead atoms. The predicted octanol–water partition coefficient (Wildman–Crippen LogP) is 6.63. The van der Waals surface area contributed by atoms with Gasteiger partial charge in [-0.25, -0.2) is 18.7 Å². The average molecular weight is 597 g/mol. The van der Waals surface area contributed by atoms with Crippen LogP contribution in [0.25, 0.3) is 11.3 Å². The highest BCUT2D eigenvalue weighted by molar-refractivity contribution is 5.76. The molecule has 3 heterocycles. The first-order valence-corrected chi connectivity index (χ1v) is 14.3. The fraction of sp³-hybridized carbons (Fsp3) is 0.469. The van der Waals surface area contributed by atoms with Gasteiger partial charge in [0.2, 0.25) is 6.79 Å². The molecule has 0 amide bonds. The Labute approximate surface area is 250 Å². The highest BCUT2D eigenvalue weighted by Gasteiger charge is 2.39. The molecule has 0 aromatic carbocycles. The number of hydrogen-bond acceptors (Lipinski definition) is 9. The molecule has 3 aromatic heterocycles. The third kappa shape index (κ3) is 8.10. The molecule has 230 valence electrons. The quantitative estimate of drug-likeness (QED) is 0.207. The molecular weight excluding hydrogens is 558 g/mol. The summed E-state index contributed by atoms with van der Waals surface area (Å²) in [6.45, 7) is 8.40. The number of carbonyl (C=O) groups is 2. The van der Waals surface area contributed by atoms with Crippen molar-refractivity contribution in [2.24, 2.45) is 17.3 Å². The van der Waals surface area contributed by atoms with Gasteiger partial charge >= 0.3 is 11.9 Å². The summed E-state index contributed by atoms with van der Waals surface area (Å²) in [5, 5.41) is 14.5. The van der Waals surface area contributed by atoms with Crippen molar-refractivity contribution in [3.63, 3.8) is 0 Å². The van der Waals surface area contributed by atoms with Gasteiger partial charge in [0, 0.05) is 23.5 Å². The van der Waals surface area contributed by atoms with E-state index in [2.05, 4.69) is 20.3 Å². The van der Waals surface area contributed by atoms with E-state index in [-0.39, 0.29) is 23.2 Å². The maximum atomic E-state index is 13.1. The number of anilines is 2. The summed E-state index contributed by atoms with van der Waals surface area (Å²) >= 11 is 0. The summed E-state index contributed by atoms with van der Waals surface area (Å²) in [6, 6.07) is 9.82. The number of esters is 2. The number of halogens is 2. The molecule has 1 aliphatic rings. The second-order valence-corrected chi connectivity index (χ2v) is 12.2. The summed E-state index contributed by atoms with van der Waals surface area (Å²) in [4.78, 5) is 37.6. The van der Waals surface area contributed by atoms with Gasteiger partial charge in [0.05, 0.1) is 22.7 Å². The van der Waals surface area contributed by atoms with E-state index in [0.717, 1.165) is 11.1 Å². The van der Waals surface area contributed by atoms with Crippen LogP contribution in [0.2, 0.25) is 0 Å². The lowest BCUT2D eigenvalue weighted by molar-refractivity contribution is -0.176. The molecule has 0 saturated heterocycles. The monoisotopic (exact) mass is 596 g/mol. The Morgan fingerprint density at radius 1 is 1.00 bits per heavy atom. The number of alkyl halides is 2. The highest BCUT2D eigenvalue weighted by atomic mass is 19.3. The van der Waals surface area contributed by atoms with Crippen molar-refractivity contribution < 1.29 is 33.0 Å². The molecule has 1 atom stereocenters. The zero-order valence-corrected chi connectivity index (χ0v) is 25.1. The lowest BCUT2D eigenvalue weighted by Gasteiger charge is -2.37. The van der Waals surface area contributed by atoms with Crippen molar-refractivity contribution in [3.8, 4) is 11.3 Å². The number of rotatable bonds is 9. The van der Waals surface area contributed by atoms with Gasteiger partial charge in [-0.15, -0.1) is 0 Å². The Bertz CT molecular complexity index is 1430. The minimum Gasteiger partial charge on any atom is -0.428 e. The Morgan fingerprint density at radius 2 is 1.72 bits per heavy atom. The van der Waals surface area contributed by atoms with E-state index < -0.39 is 36.2 Å². The Hall–Kier alpha value is -3.99. The van der Waals surface area contributed by atoms with E-state index in [4.69, 9.17) is 9.47 Å². The molecule has 0 spiro atoms. The van der Waals surface area contributed by atoms with Gasteiger partial charge in [0.25, 0.3) is 6.43 Å². The van der Waals surface area contributed by atoms with Crippen molar-refractivity contribution in [2.45, 2.75) is 72.3 Å². The van der Waals surface area contributed by atoms with Gasteiger partial charge in [-0.3, -0.25) is 14.6 Å². The van der Waals surface area contributed by atoms with Crippen LogP contribution in [0.4, 0.5) is 20.4 Å². The van der Waals surface area contributed by atoms with E-state index in [1.807, 2.05) is 19.1 Å². The lowest BCUT2D eigenvalue weighted by Crippen LogP contribution is -2.37. The maximum absolute atomic E-state index is 13.1. The number of nitrogens with zero attached hydrogens (tertiary/aromatic N) is 3. The predicted molar refractivity (Wildman–Crippen MR) is 156 cm³/mol. The van der Waals surface area contributed by atoms with Crippen molar-refractivity contribution >= 4 is 23.6 Å². The number of ether oxygens (including phenoxy) is 2. The molecule has 4 rings (SSSR count). The lowest BCUT2D eigenvalue weighted by atomic mass is 9.73. The van der Waals surface area contributed by atoms with E-state index in [1.165, 1.54) is 18.3 Å². The SMILES string of the molecule is Cc1cc(Nc2cc(C(F)F)ccn2)nc(-c2ccc([C@](C)(O)C3CCC(C(=O)OCOC(=O)C(C)(C)C)CC3)nc2)c1. The third-order valence-electron chi connectivity index (χ3n) is 7.70. The number of aromatic nitrogens is 3. The molecule has 1 aliphatic carbocycles. The first kappa shape index (κ1) is 31.9. The second kappa shape index (κ2) is 13.1. The molecule has 43 heavy (non-hydrogen) atoms. The molecule has 1 fully saturated rings. The Kier molecular flexibility index (Phi) is 9.74. The van der Waals surface area contributed by atoms with Crippen molar-refractivity contribution in [3.05, 3.63) is 65.6 Å². The Morgan fingerprint density at radius 3 is 2.35 bits per heavy atom. The molecule has 11 heteroatoms. The number of aryl methyl sites for hydroxylation is 1. The molecule has 3 aromatic rings. The molecule has 0 radical (unpaired) electrons. The van der Waals surface area contributed by atoms with Gasteiger partial charge in [-0.2, -0.15) is 0 Å². The minimum atomic E-state index is -2.60. The first-order chi connectivity index (χ1) is 20.2. The largest absolute Gasteiger partial charge is 0.428 e. The van der Waals surface area contributed by atoms with Crippen LogP contribution in [0, 0.1) is 24.2 Å². The third-order valence-corrected chi connectivity index (χ3v) is 7.70. The molecule has 1 saturated carbocycles. The fourth-order valence-corrected chi connectivity index (χ4v) is 5.08. The van der Waals surface area contributed by atoms with Crippen LogP contribution in [-0.4, -0.2) is 38.8 Å². The zero-order valence-electron chi connectivity index (χ0n) is 25.1. The van der Waals surface area contributed by atoms with Crippen LogP contribution in [0.15, 0.2) is 48.8 Å². The van der Waals surface area contributed by atoms with Crippen LogP contribution in [0.3, 0.4) is 0 Å². The number of hydrogen-bond donors (Lipinski definition) is 2. The molecule has 2 N–H and O–H groups in total. The molecule has 0 aliphatic heterocycles. The number of nitrogens with one attached hydrogen (secondary N) is 1. The topological polar surface area (TPSA) is 124 Å². The highest BCUT2D eigenvalue weighted by Crippen LogP contribution is 2.41. The molecule has 9 nitrogen and oxygen atoms in total. The van der Waals surface area contributed by atoms with E-state index in [0.29, 0.717) is 42.9 Å². The van der Waals surface area contributed by atoms with Crippen LogP contribution in [0.1, 0.15) is 76.6 Å².